The van der Waals surface area contributed by atoms with Crippen molar-refractivity contribution in [2.45, 2.75) is 39.7 Å². The Kier molecular flexibility index (Phi) is 5.26. The molecule has 0 spiro atoms. The summed E-state index contributed by atoms with van der Waals surface area (Å²) in [5, 5.41) is 2.80. The number of hydrogen-bond acceptors (Lipinski definition) is 2. The van der Waals surface area contributed by atoms with E-state index in [0.717, 1.165) is 12.8 Å². The van der Waals surface area contributed by atoms with Gasteiger partial charge >= 0.3 is 0 Å². The van der Waals surface area contributed by atoms with Crippen LogP contribution < -0.4 is 11.1 Å². The van der Waals surface area contributed by atoms with E-state index in [4.69, 9.17) is 12.2 Å². The molecule has 80 valence electrons. The molecule has 0 saturated carbocycles. The summed E-state index contributed by atoms with van der Waals surface area (Å²) in [7, 11) is 0. The predicted octanol–water partition coefficient (Wildman–Crippen LogP) is 0.889. The largest absolute Gasteiger partial charge is 0.342 e. The van der Waals surface area contributed by atoms with Gasteiger partial charge in [-0.2, -0.15) is 0 Å². The summed E-state index contributed by atoms with van der Waals surface area (Å²) >= 11 is 0. The van der Waals surface area contributed by atoms with Crippen molar-refractivity contribution in [1.29, 1.82) is 0 Å². The Labute approximate surface area is 86.4 Å². The molecule has 0 radical (unpaired) electrons. The SMILES string of the molecule is C#CC(CC)NC(=O)C(C)(CC)CN. The van der Waals surface area contributed by atoms with Crippen molar-refractivity contribution in [2.24, 2.45) is 11.1 Å². The van der Waals surface area contributed by atoms with Crippen LogP contribution in [0.1, 0.15) is 33.6 Å². The fraction of sp³-hybridized carbons (Fsp3) is 0.727. The topological polar surface area (TPSA) is 55.1 Å². The van der Waals surface area contributed by atoms with Crippen LogP contribution >= 0.6 is 0 Å². The van der Waals surface area contributed by atoms with Gasteiger partial charge < -0.3 is 11.1 Å². The van der Waals surface area contributed by atoms with E-state index in [9.17, 15) is 4.79 Å². The van der Waals surface area contributed by atoms with Crippen LogP contribution in [0, 0.1) is 17.8 Å². The zero-order valence-electron chi connectivity index (χ0n) is 9.26. The van der Waals surface area contributed by atoms with Crippen molar-refractivity contribution in [3.05, 3.63) is 0 Å². The van der Waals surface area contributed by atoms with E-state index in [1.165, 1.54) is 0 Å². The molecule has 0 aromatic heterocycles. The second-order valence-electron chi connectivity index (χ2n) is 3.72. The maximum absolute atomic E-state index is 11.8. The summed E-state index contributed by atoms with van der Waals surface area (Å²) in [6.45, 7) is 6.09. The molecule has 0 aromatic carbocycles. The molecule has 0 rings (SSSR count). The van der Waals surface area contributed by atoms with Crippen LogP contribution in [0.25, 0.3) is 0 Å². The first-order chi connectivity index (χ1) is 6.53. The molecule has 3 nitrogen and oxygen atoms in total. The monoisotopic (exact) mass is 196 g/mol. The molecule has 14 heavy (non-hydrogen) atoms. The van der Waals surface area contributed by atoms with Crippen LogP contribution in [0.3, 0.4) is 0 Å². The van der Waals surface area contributed by atoms with Crippen LogP contribution in [0.4, 0.5) is 0 Å². The van der Waals surface area contributed by atoms with Gasteiger partial charge in [0.05, 0.1) is 11.5 Å². The van der Waals surface area contributed by atoms with E-state index in [1.54, 1.807) is 0 Å². The van der Waals surface area contributed by atoms with Crippen molar-refractivity contribution >= 4 is 5.91 Å². The zero-order chi connectivity index (χ0) is 11.2. The Hall–Kier alpha value is -1.01. The lowest BCUT2D eigenvalue weighted by molar-refractivity contribution is -0.130. The van der Waals surface area contributed by atoms with Gasteiger partial charge in [-0.3, -0.25) is 4.79 Å². The molecular weight excluding hydrogens is 176 g/mol. The second kappa shape index (κ2) is 5.66. The quantitative estimate of drug-likeness (QED) is 0.642. The average Bonchev–Trinajstić information content (AvgIpc) is 2.24. The molecule has 0 fully saturated rings. The lowest BCUT2D eigenvalue weighted by Gasteiger charge is -2.26. The van der Waals surface area contributed by atoms with Crippen molar-refractivity contribution in [3.63, 3.8) is 0 Å². The summed E-state index contributed by atoms with van der Waals surface area (Å²) in [6.07, 6.45) is 6.72. The highest BCUT2D eigenvalue weighted by atomic mass is 16.2. The average molecular weight is 196 g/mol. The van der Waals surface area contributed by atoms with Crippen LogP contribution in [0.2, 0.25) is 0 Å². The molecule has 0 aliphatic rings. The standard InChI is InChI=1S/C11H20N2O/c1-5-9(6-2)13-10(14)11(4,7-3)8-12/h1,9H,6-8,12H2,2-4H3,(H,13,14). The maximum atomic E-state index is 11.8. The van der Waals surface area contributed by atoms with Gasteiger partial charge in [0.15, 0.2) is 0 Å². The number of hydrogen-bond donors (Lipinski definition) is 2. The van der Waals surface area contributed by atoms with E-state index >= 15 is 0 Å². The predicted molar refractivity (Wildman–Crippen MR) is 58.5 cm³/mol. The van der Waals surface area contributed by atoms with Crippen molar-refractivity contribution in [1.82, 2.24) is 5.32 Å². The summed E-state index contributed by atoms with van der Waals surface area (Å²) in [5.74, 6) is 2.48. The van der Waals surface area contributed by atoms with Crippen LogP contribution in [0.5, 0.6) is 0 Å². The van der Waals surface area contributed by atoms with Gasteiger partial charge in [-0.1, -0.05) is 19.8 Å². The van der Waals surface area contributed by atoms with Crippen molar-refractivity contribution in [3.8, 4) is 12.3 Å². The highest BCUT2D eigenvalue weighted by molar-refractivity contribution is 5.83. The summed E-state index contributed by atoms with van der Waals surface area (Å²) in [5.41, 5.74) is 5.07. The number of nitrogens with one attached hydrogen (secondary N) is 1. The maximum Gasteiger partial charge on any atom is 0.228 e. The first-order valence-electron chi connectivity index (χ1n) is 5.01. The van der Waals surface area contributed by atoms with Gasteiger partial charge in [-0.05, 0) is 19.8 Å². The highest BCUT2D eigenvalue weighted by Gasteiger charge is 2.30. The lowest BCUT2D eigenvalue weighted by Crippen LogP contribution is -2.46. The first-order valence-corrected chi connectivity index (χ1v) is 5.01. The van der Waals surface area contributed by atoms with E-state index in [1.807, 2.05) is 20.8 Å². The molecule has 0 aliphatic heterocycles. The van der Waals surface area contributed by atoms with Gasteiger partial charge in [0.25, 0.3) is 0 Å². The molecule has 3 N–H and O–H groups in total. The Morgan fingerprint density at radius 1 is 1.64 bits per heavy atom. The Bertz CT molecular complexity index is 226. The lowest BCUT2D eigenvalue weighted by atomic mass is 9.86. The van der Waals surface area contributed by atoms with Crippen molar-refractivity contribution in [2.75, 3.05) is 6.54 Å². The Balaban J connectivity index is 4.40. The van der Waals surface area contributed by atoms with Crippen LogP contribution in [-0.4, -0.2) is 18.5 Å². The van der Waals surface area contributed by atoms with E-state index in [2.05, 4.69) is 11.2 Å². The molecule has 2 atom stereocenters. The molecule has 0 heterocycles. The number of carbonyl (C=O) groups is 1. The normalized spacial score (nSPS) is 16.5. The van der Waals surface area contributed by atoms with E-state index in [-0.39, 0.29) is 11.9 Å². The number of carbonyl (C=O) groups excluding carboxylic acids is 1. The smallest absolute Gasteiger partial charge is 0.228 e. The molecular formula is C11H20N2O. The molecule has 3 heteroatoms. The van der Waals surface area contributed by atoms with Crippen LogP contribution in [0.15, 0.2) is 0 Å². The Morgan fingerprint density at radius 3 is 2.50 bits per heavy atom. The van der Waals surface area contributed by atoms with Gasteiger partial charge in [0.2, 0.25) is 5.91 Å². The summed E-state index contributed by atoms with van der Waals surface area (Å²) < 4.78 is 0. The third-order valence-corrected chi connectivity index (χ3v) is 2.69. The molecule has 0 aliphatic carbocycles. The highest BCUT2D eigenvalue weighted by Crippen LogP contribution is 2.19. The van der Waals surface area contributed by atoms with Gasteiger partial charge in [0, 0.05) is 6.54 Å². The third kappa shape index (κ3) is 3.04. The van der Waals surface area contributed by atoms with E-state index < -0.39 is 5.41 Å². The minimum Gasteiger partial charge on any atom is -0.342 e. The number of amides is 1. The zero-order valence-corrected chi connectivity index (χ0v) is 9.26. The molecule has 2 unspecified atom stereocenters. The van der Waals surface area contributed by atoms with Crippen molar-refractivity contribution < 1.29 is 4.79 Å². The second-order valence-corrected chi connectivity index (χ2v) is 3.72. The Morgan fingerprint density at radius 2 is 2.21 bits per heavy atom. The van der Waals surface area contributed by atoms with Gasteiger partial charge in [-0.15, -0.1) is 6.42 Å². The third-order valence-electron chi connectivity index (χ3n) is 2.69. The number of rotatable bonds is 5. The molecule has 0 saturated heterocycles. The van der Waals surface area contributed by atoms with Gasteiger partial charge in [0.1, 0.15) is 0 Å². The molecule has 0 aromatic rings. The number of terminal acetylenes is 1. The van der Waals surface area contributed by atoms with Crippen LogP contribution in [-0.2, 0) is 4.79 Å². The van der Waals surface area contributed by atoms with Gasteiger partial charge in [-0.25, -0.2) is 0 Å². The minimum atomic E-state index is -0.496. The fourth-order valence-corrected chi connectivity index (χ4v) is 0.992. The number of nitrogens with two attached hydrogens (primary N) is 1. The minimum absolute atomic E-state index is 0.0488. The van der Waals surface area contributed by atoms with E-state index in [0.29, 0.717) is 6.54 Å². The molecule has 1 amide bonds. The molecule has 0 bridgehead atoms. The fourth-order valence-electron chi connectivity index (χ4n) is 0.992. The summed E-state index contributed by atoms with van der Waals surface area (Å²) in [4.78, 5) is 11.8. The first kappa shape index (κ1) is 13.0. The summed E-state index contributed by atoms with van der Waals surface area (Å²) in [6, 6.07) is -0.181.